The second kappa shape index (κ2) is 7.40. The minimum Gasteiger partial charge on any atom is -0.374 e. The van der Waals surface area contributed by atoms with Crippen molar-refractivity contribution in [3.05, 3.63) is 61.7 Å². The van der Waals surface area contributed by atoms with E-state index in [4.69, 9.17) is 0 Å². The molecule has 0 aliphatic rings. The second-order valence-electron chi connectivity index (χ2n) is 5.13. The largest absolute Gasteiger partial charge is 0.374 e. The molecule has 0 saturated heterocycles. The van der Waals surface area contributed by atoms with Gasteiger partial charge in [-0.25, -0.2) is 0 Å². The maximum Gasteiger partial charge on any atom is 0.271 e. The molecule has 2 rings (SSSR count). The zero-order chi connectivity index (χ0) is 17.0. The van der Waals surface area contributed by atoms with E-state index in [0.29, 0.717) is 5.69 Å². The van der Waals surface area contributed by atoms with Crippen LogP contribution < -0.4 is 10.6 Å². The Bertz CT molecular complexity index is 749. The van der Waals surface area contributed by atoms with E-state index in [1.165, 1.54) is 23.8 Å². The third-order valence-corrected chi connectivity index (χ3v) is 4.43. The summed E-state index contributed by atoms with van der Waals surface area (Å²) < 4.78 is 1.11. The maximum absolute atomic E-state index is 12.2. The van der Waals surface area contributed by atoms with E-state index < -0.39 is 11.0 Å². The van der Waals surface area contributed by atoms with E-state index in [2.05, 4.69) is 33.2 Å². The number of nitro groups is 1. The van der Waals surface area contributed by atoms with Crippen molar-refractivity contribution in [3.8, 4) is 0 Å². The third kappa shape index (κ3) is 4.65. The topological polar surface area (TPSA) is 84.3 Å². The molecule has 0 fully saturated rings. The van der Waals surface area contributed by atoms with Gasteiger partial charge in [0.2, 0.25) is 5.91 Å². The highest BCUT2D eigenvalue weighted by atomic mass is 127. The molecule has 0 radical (unpaired) electrons. The SMILES string of the molecule is Cc1ccc(NC(C)C(=O)Nc2cccc([N+](=O)[O-])c2)cc1I. The van der Waals surface area contributed by atoms with Crippen molar-refractivity contribution in [2.75, 3.05) is 10.6 Å². The fourth-order valence-corrected chi connectivity index (χ4v) is 2.46. The third-order valence-electron chi connectivity index (χ3n) is 3.27. The monoisotopic (exact) mass is 425 g/mol. The molecule has 0 aliphatic heterocycles. The summed E-state index contributed by atoms with van der Waals surface area (Å²) in [6.07, 6.45) is 0. The van der Waals surface area contributed by atoms with E-state index in [1.54, 1.807) is 13.0 Å². The van der Waals surface area contributed by atoms with E-state index >= 15 is 0 Å². The van der Waals surface area contributed by atoms with Crippen molar-refractivity contribution in [2.45, 2.75) is 19.9 Å². The number of anilines is 2. The zero-order valence-electron chi connectivity index (χ0n) is 12.7. The Morgan fingerprint density at radius 2 is 1.96 bits per heavy atom. The Hall–Kier alpha value is -2.16. The number of nitrogens with one attached hydrogen (secondary N) is 2. The van der Waals surface area contributed by atoms with E-state index in [1.807, 2.05) is 25.1 Å². The van der Waals surface area contributed by atoms with Gasteiger partial charge in [-0.1, -0.05) is 12.1 Å². The maximum atomic E-state index is 12.2. The quantitative estimate of drug-likeness (QED) is 0.432. The molecular weight excluding hydrogens is 409 g/mol. The number of carbonyl (C=O) groups excluding carboxylic acids is 1. The summed E-state index contributed by atoms with van der Waals surface area (Å²) >= 11 is 2.24. The van der Waals surface area contributed by atoms with Crippen molar-refractivity contribution >= 4 is 45.6 Å². The molecule has 1 atom stereocenters. The molecule has 23 heavy (non-hydrogen) atoms. The van der Waals surface area contributed by atoms with Gasteiger partial charge in [0.25, 0.3) is 5.69 Å². The summed E-state index contributed by atoms with van der Waals surface area (Å²) in [5.74, 6) is -0.263. The predicted octanol–water partition coefficient (Wildman–Crippen LogP) is 3.95. The number of nitro benzene ring substituents is 1. The molecule has 2 aromatic carbocycles. The number of aryl methyl sites for hydroxylation is 1. The van der Waals surface area contributed by atoms with Crippen LogP contribution >= 0.6 is 22.6 Å². The number of rotatable bonds is 5. The van der Waals surface area contributed by atoms with Crippen LogP contribution in [0.1, 0.15) is 12.5 Å². The Kier molecular flexibility index (Phi) is 5.54. The molecule has 0 heterocycles. The Labute approximate surface area is 147 Å². The molecule has 2 N–H and O–H groups in total. The molecule has 0 spiro atoms. The lowest BCUT2D eigenvalue weighted by Crippen LogP contribution is -2.31. The summed E-state index contributed by atoms with van der Waals surface area (Å²) in [5, 5.41) is 16.5. The molecule has 0 aliphatic carbocycles. The van der Waals surface area contributed by atoms with Gasteiger partial charge in [-0.15, -0.1) is 0 Å². The number of benzene rings is 2. The van der Waals surface area contributed by atoms with Crippen molar-refractivity contribution in [1.29, 1.82) is 0 Å². The second-order valence-corrected chi connectivity index (χ2v) is 6.29. The molecule has 1 amide bonds. The first-order valence-corrected chi connectivity index (χ1v) is 8.02. The first-order valence-electron chi connectivity index (χ1n) is 6.95. The van der Waals surface area contributed by atoms with E-state index in [0.717, 1.165) is 9.26 Å². The highest BCUT2D eigenvalue weighted by Gasteiger charge is 2.14. The smallest absolute Gasteiger partial charge is 0.271 e. The Balaban J connectivity index is 2.03. The van der Waals surface area contributed by atoms with Crippen LogP contribution in [0.2, 0.25) is 0 Å². The number of carbonyl (C=O) groups is 1. The summed E-state index contributed by atoms with van der Waals surface area (Å²) in [6.45, 7) is 3.75. The Morgan fingerprint density at radius 1 is 1.22 bits per heavy atom. The highest BCUT2D eigenvalue weighted by molar-refractivity contribution is 14.1. The van der Waals surface area contributed by atoms with Crippen molar-refractivity contribution < 1.29 is 9.72 Å². The lowest BCUT2D eigenvalue weighted by molar-refractivity contribution is -0.384. The van der Waals surface area contributed by atoms with E-state index in [-0.39, 0.29) is 11.6 Å². The average molecular weight is 425 g/mol. The highest BCUT2D eigenvalue weighted by Crippen LogP contribution is 2.19. The van der Waals surface area contributed by atoms with Crippen LogP contribution in [0.25, 0.3) is 0 Å². The number of amides is 1. The van der Waals surface area contributed by atoms with Crippen LogP contribution in [0, 0.1) is 20.6 Å². The number of hydrogen-bond acceptors (Lipinski definition) is 4. The van der Waals surface area contributed by atoms with Gasteiger partial charge in [0.05, 0.1) is 4.92 Å². The molecule has 0 saturated carbocycles. The van der Waals surface area contributed by atoms with E-state index in [9.17, 15) is 14.9 Å². The standard InChI is InChI=1S/C16H16IN3O3/c1-10-6-7-13(9-15(10)17)18-11(2)16(21)19-12-4-3-5-14(8-12)20(22)23/h3-9,11,18H,1-2H3,(H,19,21). The Morgan fingerprint density at radius 3 is 2.61 bits per heavy atom. The van der Waals surface area contributed by atoms with Gasteiger partial charge >= 0.3 is 0 Å². The van der Waals surface area contributed by atoms with Gasteiger partial charge in [-0.05, 0) is 60.2 Å². The molecular formula is C16H16IN3O3. The van der Waals surface area contributed by atoms with Crippen LogP contribution in [0.15, 0.2) is 42.5 Å². The van der Waals surface area contributed by atoms with Crippen LogP contribution in [0.4, 0.5) is 17.1 Å². The van der Waals surface area contributed by atoms with Crippen molar-refractivity contribution in [1.82, 2.24) is 0 Å². The molecule has 6 nitrogen and oxygen atoms in total. The van der Waals surface area contributed by atoms with Gasteiger partial charge in [-0.3, -0.25) is 14.9 Å². The average Bonchev–Trinajstić information content (AvgIpc) is 2.51. The van der Waals surface area contributed by atoms with Gasteiger partial charge in [0, 0.05) is 27.1 Å². The van der Waals surface area contributed by atoms with Crippen LogP contribution in [0.3, 0.4) is 0 Å². The first-order chi connectivity index (χ1) is 10.9. The number of hydrogen-bond donors (Lipinski definition) is 2. The molecule has 2 aromatic rings. The minimum atomic E-state index is -0.494. The molecule has 1 unspecified atom stereocenters. The number of non-ortho nitro benzene ring substituents is 1. The molecule has 120 valence electrons. The fourth-order valence-electron chi connectivity index (χ4n) is 1.95. The predicted molar refractivity (Wildman–Crippen MR) is 98.7 cm³/mol. The van der Waals surface area contributed by atoms with Crippen molar-refractivity contribution in [2.24, 2.45) is 0 Å². The lowest BCUT2D eigenvalue weighted by Gasteiger charge is -2.16. The first kappa shape index (κ1) is 17.2. The molecule has 0 bridgehead atoms. The number of nitrogens with zero attached hydrogens (tertiary/aromatic N) is 1. The van der Waals surface area contributed by atoms with Gasteiger partial charge < -0.3 is 10.6 Å². The van der Waals surface area contributed by atoms with Crippen LogP contribution in [0.5, 0.6) is 0 Å². The molecule has 7 heteroatoms. The van der Waals surface area contributed by atoms with Gasteiger partial charge in [0.15, 0.2) is 0 Å². The number of halogens is 1. The zero-order valence-corrected chi connectivity index (χ0v) is 14.8. The van der Waals surface area contributed by atoms with Gasteiger partial charge in [0.1, 0.15) is 6.04 Å². The van der Waals surface area contributed by atoms with Crippen molar-refractivity contribution in [3.63, 3.8) is 0 Å². The fraction of sp³-hybridized carbons (Fsp3) is 0.188. The summed E-state index contributed by atoms with van der Waals surface area (Å²) in [6, 6.07) is 11.2. The normalized spacial score (nSPS) is 11.6. The molecule has 0 aromatic heterocycles. The van der Waals surface area contributed by atoms with Crippen LogP contribution in [-0.4, -0.2) is 16.9 Å². The summed E-state index contributed by atoms with van der Waals surface area (Å²) in [5.41, 5.74) is 2.36. The van der Waals surface area contributed by atoms with Gasteiger partial charge in [-0.2, -0.15) is 0 Å². The minimum absolute atomic E-state index is 0.0588. The summed E-state index contributed by atoms with van der Waals surface area (Å²) in [7, 11) is 0. The lowest BCUT2D eigenvalue weighted by atomic mass is 10.2. The summed E-state index contributed by atoms with van der Waals surface area (Å²) in [4.78, 5) is 22.5. The van der Waals surface area contributed by atoms with Crippen LogP contribution in [-0.2, 0) is 4.79 Å².